The van der Waals surface area contributed by atoms with Crippen LogP contribution in [0.2, 0.25) is 0 Å². The molecule has 28 heavy (non-hydrogen) atoms. The van der Waals surface area contributed by atoms with Crippen molar-refractivity contribution in [1.82, 2.24) is 10.9 Å². The van der Waals surface area contributed by atoms with E-state index in [-0.39, 0.29) is 16.9 Å². The third-order valence-electron chi connectivity index (χ3n) is 3.22. The standard InChI is InChI=1S/C19H20N6O2S/c1-13(26)22-17-7-3-15(4-8-17)11-20-24-19(28)25-21-12-16-5-9-18(10-6-16)23-14(2)27/h3-12H,1-2H3,(H,22,26)(H,23,27)(H2,24,25,28)/b20-11-,21-12-. The molecule has 0 fully saturated rings. The van der Waals surface area contributed by atoms with Crippen LogP contribution < -0.4 is 21.5 Å². The molecular weight excluding hydrogens is 376 g/mol. The van der Waals surface area contributed by atoms with Gasteiger partial charge < -0.3 is 10.6 Å². The van der Waals surface area contributed by atoms with E-state index in [4.69, 9.17) is 12.2 Å². The average Bonchev–Trinajstić information content (AvgIpc) is 2.64. The van der Waals surface area contributed by atoms with Crippen LogP contribution in [0.25, 0.3) is 0 Å². The fraction of sp³-hybridized carbons (Fsp3) is 0.105. The van der Waals surface area contributed by atoms with Crippen LogP contribution in [0.15, 0.2) is 58.7 Å². The molecular formula is C19H20N6O2S. The zero-order valence-corrected chi connectivity index (χ0v) is 16.2. The van der Waals surface area contributed by atoms with Gasteiger partial charge in [0.15, 0.2) is 0 Å². The number of nitrogens with one attached hydrogen (secondary N) is 4. The van der Waals surface area contributed by atoms with Crippen LogP contribution in [-0.4, -0.2) is 29.4 Å². The Kier molecular flexibility index (Phi) is 7.79. The van der Waals surface area contributed by atoms with Gasteiger partial charge in [0, 0.05) is 25.2 Å². The fourth-order valence-corrected chi connectivity index (χ4v) is 2.17. The van der Waals surface area contributed by atoms with Crippen LogP contribution in [0.1, 0.15) is 25.0 Å². The van der Waals surface area contributed by atoms with Crippen molar-refractivity contribution in [3.63, 3.8) is 0 Å². The van der Waals surface area contributed by atoms with Gasteiger partial charge in [0.2, 0.25) is 16.9 Å². The quantitative estimate of drug-likeness (QED) is 0.341. The van der Waals surface area contributed by atoms with E-state index in [1.807, 2.05) is 24.3 Å². The Balaban J connectivity index is 1.77. The highest BCUT2D eigenvalue weighted by atomic mass is 32.1. The Morgan fingerprint density at radius 1 is 0.750 bits per heavy atom. The van der Waals surface area contributed by atoms with Gasteiger partial charge in [-0.15, -0.1) is 0 Å². The van der Waals surface area contributed by atoms with Gasteiger partial charge in [0.1, 0.15) is 0 Å². The van der Waals surface area contributed by atoms with Crippen molar-refractivity contribution >= 4 is 52.9 Å². The smallest absolute Gasteiger partial charge is 0.221 e. The van der Waals surface area contributed by atoms with Crippen LogP contribution in [0.3, 0.4) is 0 Å². The summed E-state index contributed by atoms with van der Waals surface area (Å²) in [6, 6.07) is 14.4. The lowest BCUT2D eigenvalue weighted by Gasteiger charge is -2.03. The minimum absolute atomic E-state index is 0.122. The van der Waals surface area contributed by atoms with Gasteiger partial charge in [0.25, 0.3) is 0 Å². The molecule has 144 valence electrons. The number of anilines is 2. The molecule has 8 nitrogen and oxygen atoms in total. The zero-order chi connectivity index (χ0) is 20.4. The van der Waals surface area contributed by atoms with E-state index in [9.17, 15) is 9.59 Å². The van der Waals surface area contributed by atoms with Crippen LogP contribution in [-0.2, 0) is 9.59 Å². The molecule has 0 saturated carbocycles. The van der Waals surface area contributed by atoms with Crippen molar-refractivity contribution in [3.05, 3.63) is 59.7 Å². The van der Waals surface area contributed by atoms with E-state index in [1.54, 1.807) is 36.7 Å². The first kappa shape index (κ1) is 20.7. The van der Waals surface area contributed by atoms with Gasteiger partial charge in [-0.05, 0) is 47.6 Å². The highest BCUT2D eigenvalue weighted by Gasteiger charge is 1.96. The van der Waals surface area contributed by atoms with E-state index in [0.29, 0.717) is 11.4 Å². The molecule has 0 aliphatic heterocycles. The highest BCUT2D eigenvalue weighted by Crippen LogP contribution is 2.08. The summed E-state index contributed by atoms with van der Waals surface area (Å²) in [6.07, 6.45) is 3.19. The number of benzene rings is 2. The average molecular weight is 396 g/mol. The van der Waals surface area contributed by atoms with Crippen LogP contribution >= 0.6 is 12.2 Å². The van der Waals surface area contributed by atoms with Gasteiger partial charge in [-0.25, -0.2) is 0 Å². The Hall–Kier alpha value is -3.59. The number of carbonyl (C=O) groups is 2. The number of hydrogen-bond acceptors (Lipinski definition) is 5. The SMILES string of the molecule is CC(=O)Nc1ccc(/C=N\NC(=S)N/N=C\c2ccc(NC(C)=O)cc2)cc1. The molecule has 9 heteroatoms. The van der Waals surface area contributed by atoms with E-state index < -0.39 is 0 Å². The molecule has 0 heterocycles. The van der Waals surface area contributed by atoms with E-state index in [0.717, 1.165) is 11.1 Å². The molecule has 2 amide bonds. The van der Waals surface area contributed by atoms with E-state index in [2.05, 4.69) is 31.7 Å². The maximum absolute atomic E-state index is 11.0. The number of carbonyl (C=O) groups excluding carboxylic acids is 2. The number of thiocarbonyl (C=S) groups is 1. The molecule has 2 rings (SSSR count). The minimum atomic E-state index is -0.122. The molecule has 0 aliphatic rings. The second-order valence-corrected chi connectivity index (χ2v) is 6.08. The first-order valence-corrected chi connectivity index (χ1v) is 8.70. The molecule has 0 unspecified atom stereocenters. The van der Waals surface area contributed by atoms with Crippen LogP contribution in [0.5, 0.6) is 0 Å². The molecule has 0 aliphatic carbocycles. The van der Waals surface area contributed by atoms with Gasteiger partial charge in [-0.2, -0.15) is 10.2 Å². The molecule has 2 aromatic rings. The monoisotopic (exact) mass is 396 g/mol. The third-order valence-corrected chi connectivity index (χ3v) is 3.40. The van der Waals surface area contributed by atoms with Crippen molar-refractivity contribution in [2.24, 2.45) is 10.2 Å². The maximum Gasteiger partial charge on any atom is 0.221 e. The largest absolute Gasteiger partial charge is 0.326 e. The van der Waals surface area contributed by atoms with Crippen molar-refractivity contribution in [2.75, 3.05) is 10.6 Å². The molecule has 0 spiro atoms. The Morgan fingerprint density at radius 2 is 1.11 bits per heavy atom. The zero-order valence-electron chi connectivity index (χ0n) is 15.4. The second kappa shape index (κ2) is 10.5. The fourth-order valence-electron chi connectivity index (χ4n) is 2.07. The lowest BCUT2D eigenvalue weighted by atomic mass is 10.2. The van der Waals surface area contributed by atoms with E-state index in [1.165, 1.54) is 13.8 Å². The molecule has 4 N–H and O–H groups in total. The van der Waals surface area contributed by atoms with Crippen molar-refractivity contribution in [2.45, 2.75) is 13.8 Å². The number of nitrogens with zero attached hydrogens (tertiary/aromatic N) is 2. The normalized spacial score (nSPS) is 10.6. The molecule has 0 atom stereocenters. The summed E-state index contributed by atoms with van der Waals surface area (Å²) in [5, 5.41) is 13.6. The summed E-state index contributed by atoms with van der Waals surface area (Å²) in [7, 11) is 0. The molecule has 0 radical (unpaired) electrons. The van der Waals surface area contributed by atoms with Crippen molar-refractivity contribution < 1.29 is 9.59 Å². The van der Waals surface area contributed by atoms with Gasteiger partial charge >= 0.3 is 0 Å². The topological polar surface area (TPSA) is 107 Å². The number of hydrogen-bond donors (Lipinski definition) is 4. The summed E-state index contributed by atoms with van der Waals surface area (Å²) in [5.41, 5.74) is 8.42. The second-order valence-electron chi connectivity index (χ2n) is 5.68. The predicted octanol–water partition coefficient (Wildman–Crippen LogP) is 2.44. The van der Waals surface area contributed by atoms with Gasteiger partial charge in [-0.1, -0.05) is 24.3 Å². The summed E-state index contributed by atoms with van der Waals surface area (Å²) < 4.78 is 0. The minimum Gasteiger partial charge on any atom is -0.326 e. The number of rotatable bonds is 6. The van der Waals surface area contributed by atoms with Crippen molar-refractivity contribution in [3.8, 4) is 0 Å². The maximum atomic E-state index is 11.0. The van der Waals surface area contributed by atoms with E-state index >= 15 is 0 Å². The predicted molar refractivity (Wildman–Crippen MR) is 116 cm³/mol. The summed E-state index contributed by atoms with van der Waals surface area (Å²) in [4.78, 5) is 22.0. The molecule has 0 bridgehead atoms. The molecule has 0 aromatic heterocycles. The molecule has 2 aromatic carbocycles. The number of hydrazone groups is 2. The lowest BCUT2D eigenvalue weighted by Crippen LogP contribution is -2.28. The summed E-state index contributed by atoms with van der Waals surface area (Å²) in [6.45, 7) is 2.91. The first-order chi connectivity index (χ1) is 13.4. The molecule has 0 saturated heterocycles. The van der Waals surface area contributed by atoms with Gasteiger partial charge in [0.05, 0.1) is 12.4 Å². The summed E-state index contributed by atoms with van der Waals surface area (Å²) >= 11 is 5.08. The third kappa shape index (κ3) is 7.75. The van der Waals surface area contributed by atoms with Crippen molar-refractivity contribution in [1.29, 1.82) is 0 Å². The lowest BCUT2D eigenvalue weighted by molar-refractivity contribution is -0.115. The first-order valence-electron chi connectivity index (χ1n) is 8.30. The number of amides is 2. The Morgan fingerprint density at radius 3 is 1.43 bits per heavy atom. The highest BCUT2D eigenvalue weighted by molar-refractivity contribution is 7.80. The summed E-state index contributed by atoms with van der Waals surface area (Å²) in [5.74, 6) is -0.243. The van der Waals surface area contributed by atoms with Gasteiger partial charge in [-0.3, -0.25) is 20.4 Å². The van der Waals surface area contributed by atoms with Crippen LogP contribution in [0.4, 0.5) is 11.4 Å². The Bertz CT molecular complexity index is 818. The Labute approximate surface area is 168 Å². The van der Waals surface area contributed by atoms with Crippen LogP contribution in [0, 0.1) is 0 Å².